The van der Waals surface area contributed by atoms with E-state index in [1.54, 1.807) is 0 Å². The minimum Gasteiger partial charge on any atom is -0.455 e. The van der Waals surface area contributed by atoms with Gasteiger partial charge in [-0.3, -0.25) is 0 Å². The number of rotatable bonds is 8. The highest BCUT2D eigenvalue weighted by molar-refractivity contribution is 5.89. The lowest BCUT2D eigenvalue weighted by atomic mass is 9.98. The van der Waals surface area contributed by atoms with Gasteiger partial charge in [-0.2, -0.15) is 4.39 Å². The Balaban J connectivity index is 1.89. The van der Waals surface area contributed by atoms with E-state index in [1.165, 1.54) is 58.0 Å². The first-order valence-corrected chi connectivity index (χ1v) is 11.5. The SMILES string of the molecule is C=C(C)C(=O)O/C(C)=C(\C)Oc1ccc(-c2ccc(-c3ccc(OC(=O)C(=C)C)cc3)c(F)c2F)c(F)c1F. The fourth-order valence-electron chi connectivity index (χ4n) is 3.23. The van der Waals surface area contributed by atoms with E-state index in [-0.39, 0.29) is 39.5 Å². The molecule has 0 fully saturated rings. The van der Waals surface area contributed by atoms with Gasteiger partial charge in [-0.25, -0.2) is 22.8 Å². The first-order valence-electron chi connectivity index (χ1n) is 11.5. The molecule has 3 rings (SSSR count). The zero-order valence-electron chi connectivity index (χ0n) is 21.6. The molecule has 0 saturated carbocycles. The maximum absolute atomic E-state index is 15.1. The minimum atomic E-state index is -1.47. The Bertz CT molecular complexity index is 1520. The highest BCUT2D eigenvalue weighted by Crippen LogP contribution is 2.36. The molecular formula is C30H24F4O5. The molecule has 0 aromatic heterocycles. The van der Waals surface area contributed by atoms with Crippen LogP contribution in [0.1, 0.15) is 27.7 Å². The van der Waals surface area contributed by atoms with Crippen molar-refractivity contribution in [3.63, 3.8) is 0 Å². The van der Waals surface area contributed by atoms with Gasteiger partial charge >= 0.3 is 11.9 Å². The van der Waals surface area contributed by atoms with Crippen LogP contribution in [0.5, 0.6) is 11.5 Å². The van der Waals surface area contributed by atoms with E-state index in [0.29, 0.717) is 0 Å². The second-order valence-electron chi connectivity index (χ2n) is 8.61. The van der Waals surface area contributed by atoms with E-state index < -0.39 is 52.1 Å². The number of esters is 2. The largest absolute Gasteiger partial charge is 0.455 e. The first-order chi connectivity index (χ1) is 18.3. The number of carbonyl (C=O) groups is 2. The van der Waals surface area contributed by atoms with Crippen LogP contribution in [0.4, 0.5) is 17.6 Å². The topological polar surface area (TPSA) is 61.8 Å². The molecular weight excluding hydrogens is 516 g/mol. The predicted octanol–water partition coefficient (Wildman–Crippen LogP) is 7.81. The van der Waals surface area contributed by atoms with Gasteiger partial charge in [-0.05, 0) is 57.5 Å². The Hall–Kier alpha value is -4.66. The van der Waals surface area contributed by atoms with Crippen molar-refractivity contribution in [1.82, 2.24) is 0 Å². The molecule has 0 heterocycles. The van der Waals surface area contributed by atoms with Gasteiger partial charge in [0.2, 0.25) is 5.82 Å². The van der Waals surface area contributed by atoms with E-state index in [1.807, 2.05) is 0 Å². The molecule has 0 radical (unpaired) electrons. The molecule has 202 valence electrons. The summed E-state index contributed by atoms with van der Waals surface area (Å²) in [5.41, 5.74) is -0.604. The molecule has 0 aliphatic carbocycles. The van der Waals surface area contributed by atoms with Gasteiger partial charge in [-0.15, -0.1) is 0 Å². The highest BCUT2D eigenvalue weighted by atomic mass is 19.2. The van der Waals surface area contributed by atoms with E-state index in [0.717, 1.165) is 18.2 Å². The van der Waals surface area contributed by atoms with Crippen LogP contribution in [0.3, 0.4) is 0 Å². The van der Waals surface area contributed by atoms with Gasteiger partial charge in [0.15, 0.2) is 23.2 Å². The predicted molar refractivity (Wildman–Crippen MR) is 138 cm³/mol. The molecule has 0 amide bonds. The zero-order chi connectivity index (χ0) is 29.0. The van der Waals surface area contributed by atoms with Gasteiger partial charge in [0.25, 0.3) is 0 Å². The summed E-state index contributed by atoms with van der Waals surface area (Å²) in [5.74, 6) is -7.36. The maximum Gasteiger partial charge on any atom is 0.338 e. The first kappa shape index (κ1) is 28.9. The van der Waals surface area contributed by atoms with Crippen LogP contribution in [-0.2, 0) is 14.3 Å². The van der Waals surface area contributed by atoms with Crippen molar-refractivity contribution >= 4 is 11.9 Å². The molecule has 3 aromatic rings. The quantitative estimate of drug-likeness (QED) is 0.0959. The van der Waals surface area contributed by atoms with Crippen molar-refractivity contribution in [2.45, 2.75) is 27.7 Å². The monoisotopic (exact) mass is 540 g/mol. The van der Waals surface area contributed by atoms with Gasteiger partial charge < -0.3 is 14.2 Å². The lowest BCUT2D eigenvalue weighted by molar-refractivity contribution is -0.135. The second kappa shape index (κ2) is 11.8. The Kier molecular flexibility index (Phi) is 8.75. The summed E-state index contributed by atoms with van der Waals surface area (Å²) in [6.07, 6.45) is 0. The van der Waals surface area contributed by atoms with Crippen LogP contribution in [0.15, 0.2) is 84.4 Å². The van der Waals surface area contributed by atoms with Crippen LogP contribution < -0.4 is 9.47 Å². The van der Waals surface area contributed by atoms with Crippen LogP contribution >= 0.6 is 0 Å². The summed E-state index contributed by atoms with van der Waals surface area (Å²) in [4.78, 5) is 23.3. The second-order valence-corrected chi connectivity index (χ2v) is 8.61. The Labute approximate surface area is 222 Å². The number of hydrogen-bond donors (Lipinski definition) is 0. The number of halogens is 4. The fraction of sp³-hybridized carbons (Fsp3) is 0.133. The summed E-state index contributed by atoms with van der Waals surface area (Å²) in [6.45, 7) is 12.6. The molecule has 0 bridgehead atoms. The third-order valence-electron chi connectivity index (χ3n) is 5.50. The van der Waals surface area contributed by atoms with Crippen LogP contribution in [0.2, 0.25) is 0 Å². The van der Waals surface area contributed by atoms with Crippen molar-refractivity contribution < 1.29 is 41.4 Å². The molecule has 0 unspecified atom stereocenters. The number of allylic oxidation sites excluding steroid dienone is 2. The average molecular weight is 541 g/mol. The van der Waals surface area contributed by atoms with Crippen molar-refractivity contribution in [2.24, 2.45) is 0 Å². The molecule has 5 nitrogen and oxygen atoms in total. The molecule has 3 aromatic carbocycles. The van der Waals surface area contributed by atoms with Crippen LogP contribution in [-0.4, -0.2) is 11.9 Å². The number of hydrogen-bond acceptors (Lipinski definition) is 5. The third-order valence-corrected chi connectivity index (χ3v) is 5.50. The molecule has 39 heavy (non-hydrogen) atoms. The summed E-state index contributed by atoms with van der Waals surface area (Å²) < 4.78 is 75.2. The molecule has 0 saturated heterocycles. The third kappa shape index (κ3) is 6.43. The van der Waals surface area contributed by atoms with Crippen LogP contribution in [0, 0.1) is 23.3 Å². The minimum absolute atomic E-state index is 0.00222. The van der Waals surface area contributed by atoms with Gasteiger partial charge in [0, 0.05) is 27.8 Å². The average Bonchev–Trinajstić information content (AvgIpc) is 2.89. The fourth-order valence-corrected chi connectivity index (χ4v) is 3.23. The molecule has 0 aliphatic heterocycles. The standard InChI is InChI=1S/C30H24F4O5/c1-15(2)29(35)38-18(6)17(5)37-24-14-13-23(27(33)28(24)34)22-12-11-21(25(31)26(22)32)19-7-9-20(10-8-19)39-30(36)16(3)4/h7-14H,1,3H2,2,4-6H3/b18-17+. The molecule has 0 N–H and O–H groups in total. The number of ether oxygens (including phenoxy) is 3. The normalized spacial score (nSPS) is 11.4. The molecule has 0 aliphatic rings. The van der Waals surface area contributed by atoms with E-state index >= 15 is 8.78 Å². The van der Waals surface area contributed by atoms with Gasteiger partial charge in [0.1, 0.15) is 17.3 Å². The maximum atomic E-state index is 15.1. The summed E-state index contributed by atoms with van der Waals surface area (Å²) >= 11 is 0. The number of carbonyl (C=O) groups excluding carboxylic acids is 2. The Morgan fingerprint density at radius 3 is 1.64 bits per heavy atom. The lowest BCUT2D eigenvalue weighted by Gasteiger charge is -2.14. The van der Waals surface area contributed by atoms with Crippen molar-refractivity contribution in [1.29, 1.82) is 0 Å². The van der Waals surface area contributed by atoms with Crippen molar-refractivity contribution in [3.8, 4) is 33.8 Å². The van der Waals surface area contributed by atoms with Gasteiger partial charge in [-0.1, -0.05) is 37.4 Å². The number of benzene rings is 3. The molecule has 0 spiro atoms. The highest BCUT2D eigenvalue weighted by Gasteiger charge is 2.22. The Morgan fingerprint density at radius 2 is 1.08 bits per heavy atom. The molecule has 0 atom stereocenters. The summed E-state index contributed by atoms with van der Waals surface area (Å²) in [5, 5.41) is 0. The zero-order valence-corrected chi connectivity index (χ0v) is 21.6. The summed E-state index contributed by atoms with van der Waals surface area (Å²) in [7, 11) is 0. The van der Waals surface area contributed by atoms with Crippen molar-refractivity contribution in [3.05, 3.63) is 108 Å². The van der Waals surface area contributed by atoms with E-state index in [2.05, 4.69) is 13.2 Å². The van der Waals surface area contributed by atoms with Crippen LogP contribution in [0.25, 0.3) is 22.3 Å². The smallest absolute Gasteiger partial charge is 0.338 e. The molecule has 9 heteroatoms. The van der Waals surface area contributed by atoms with Crippen molar-refractivity contribution in [2.75, 3.05) is 0 Å². The van der Waals surface area contributed by atoms with Gasteiger partial charge in [0.05, 0.1) is 0 Å². The van der Waals surface area contributed by atoms with E-state index in [4.69, 9.17) is 14.2 Å². The summed E-state index contributed by atoms with van der Waals surface area (Å²) in [6, 6.07) is 10.0. The van der Waals surface area contributed by atoms with E-state index in [9.17, 15) is 18.4 Å². The Morgan fingerprint density at radius 1 is 0.590 bits per heavy atom. The lowest BCUT2D eigenvalue weighted by Crippen LogP contribution is -2.08.